The summed E-state index contributed by atoms with van der Waals surface area (Å²) in [4.78, 5) is 25.1. The largest absolute Gasteiger partial charge is 0.481 e. The predicted molar refractivity (Wildman–Crippen MR) is 80.8 cm³/mol. The molecule has 0 spiro atoms. The monoisotopic (exact) mass is 307 g/mol. The molecule has 2 unspecified atom stereocenters. The molecule has 0 aromatic heterocycles. The first-order chi connectivity index (χ1) is 10.3. The Morgan fingerprint density at radius 1 is 1.45 bits per heavy atom. The summed E-state index contributed by atoms with van der Waals surface area (Å²) in [5.74, 6) is -1.05. The van der Waals surface area contributed by atoms with Gasteiger partial charge in [-0.15, -0.1) is 0 Å². The van der Waals surface area contributed by atoms with E-state index in [4.69, 9.17) is 0 Å². The molecule has 1 N–H and O–H groups in total. The van der Waals surface area contributed by atoms with Crippen LogP contribution in [0.1, 0.15) is 32.3 Å². The summed E-state index contributed by atoms with van der Waals surface area (Å²) >= 11 is 0. The molecule has 1 saturated heterocycles. The molecule has 5 heteroatoms. The minimum absolute atomic E-state index is 0.0196. The third-order valence-corrected chi connectivity index (χ3v) is 4.34. The van der Waals surface area contributed by atoms with Gasteiger partial charge in [0.05, 0.1) is 5.41 Å². The van der Waals surface area contributed by atoms with Crippen LogP contribution in [0.25, 0.3) is 0 Å². The lowest BCUT2D eigenvalue weighted by Gasteiger charge is -2.21. The summed E-state index contributed by atoms with van der Waals surface area (Å²) in [5, 5.41) is 9.20. The summed E-state index contributed by atoms with van der Waals surface area (Å²) in [6.45, 7) is 4.40. The molecule has 1 fully saturated rings. The van der Waals surface area contributed by atoms with Gasteiger partial charge in [0.15, 0.2) is 0 Å². The summed E-state index contributed by atoms with van der Waals surface area (Å²) in [6.07, 6.45) is 1.48. The second-order valence-corrected chi connectivity index (χ2v) is 6.57. The molecular formula is C17H22FNO3. The first kappa shape index (κ1) is 16.5. The Balaban J connectivity index is 1.88. The molecule has 4 nitrogen and oxygen atoms in total. The van der Waals surface area contributed by atoms with Gasteiger partial charge in [0, 0.05) is 19.5 Å². The number of benzene rings is 1. The maximum atomic E-state index is 13.2. The van der Waals surface area contributed by atoms with Crippen molar-refractivity contribution in [3.63, 3.8) is 0 Å². The van der Waals surface area contributed by atoms with E-state index in [0.717, 1.165) is 5.56 Å². The topological polar surface area (TPSA) is 57.6 Å². The van der Waals surface area contributed by atoms with Crippen molar-refractivity contribution in [2.45, 2.75) is 33.1 Å². The Hall–Kier alpha value is -1.91. The van der Waals surface area contributed by atoms with Crippen LogP contribution in [0.15, 0.2) is 24.3 Å². The van der Waals surface area contributed by atoms with E-state index in [0.29, 0.717) is 25.8 Å². The average molecular weight is 307 g/mol. The van der Waals surface area contributed by atoms with Crippen LogP contribution in [0.5, 0.6) is 0 Å². The Bertz CT molecular complexity index is 575. The molecule has 2 atom stereocenters. The lowest BCUT2D eigenvalue weighted by Crippen LogP contribution is -2.35. The number of aliphatic carboxylic acids is 1. The van der Waals surface area contributed by atoms with Gasteiger partial charge in [-0.3, -0.25) is 9.59 Å². The van der Waals surface area contributed by atoms with Crippen LogP contribution in [0, 0.1) is 17.2 Å². The molecule has 0 radical (unpaired) electrons. The molecule has 22 heavy (non-hydrogen) atoms. The van der Waals surface area contributed by atoms with Crippen LogP contribution in [0.2, 0.25) is 0 Å². The SMILES string of the molecule is CC(CC(=O)N1CCC(C)(C(=O)O)C1)Cc1cccc(F)c1. The quantitative estimate of drug-likeness (QED) is 0.910. The van der Waals surface area contributed by atoms with E-state index < -0.39 is 11.4 Å². The van der Waals surface area contributed by atoms with Gasteiger partial charge in [0.2, 0.25) is 5.91 Å². The first-order valence-corrected chi connectivity index (χ1v) is 7.56. The van der Waals surface area contributed by atoms with Gasteiger partial charge in [0.25, 0.3) is 0 Å². The number of likely N-dealkylation sites (tertiary alicyclic amines) is 1. The summed E-state index contributed by atoms with van der Waals surface area (Å²) in [6, 6.07) is 6.40. The number of halogens is 1. The van der Waals surface area contributed by atoms with Gasteiger partial charge in [-0.25, -0.2) is 4.39 Å². The van der Waals surface area contributed by atoms with E-state index in [-0.39, 0.29) is 24.2 Å². The fraction of sp³-hybridized carbons (Fsp3) is 0.529. The number of carbonyl (C=O) groups is 2. The zero-order chi connectivity index (χ0) is 16.3. The zero-order valence-corrected chi connectivity index (χ0v) is 13.0. The first-order valence-electron chi connectivity index (χ1n) is 7.56. The van der Waals surface area contributed by atoms with E-state index in [1.807, 2.05) is 13.0 Å². The van der Waals surface area contributed by atoms with Crippen LogP contribution in [-0.4, -0.2) is 35.0 Å². The maximum Gasteiger partial charge on any atom is 0.311 e. The molecule has 2 rings (SSSR count). The Labute approximate surface area is 129 Å². The number of carboxylic acids is 1. The van der Waals surface area contributed by atoms with Crippen molar-refractivity contribution in [1.29, 1.82) is 0 Å². The highest BCUT2D eigenvalue weighted by Crippen LogP contribution is 2.31. The minimum Gasteiger partial charge on any atom is -0.481 e. The molecular weight excluding hydrogens is 285 g/mol. The molecule has 0 saturated carbocycles. The van der Waals surface area contributed by atoms with Gasteiger partial charge in [-0.1, -0.05) is 19.1 Å². The molecule has 0 bridgehead atoms. The van der Waals surface area contributed by atoms with E-state index in [9.17, 15) is 19.1 Å². The van der Waals surface area contributed by atoms with Crippen LogP contribution in [0.4, 0.5) is 4.39 Å². The van der Waals surface area contributed by atoms with E-state index in [2.05, 4.69) is 0 Å². The maximum absolute atomic E-state index is 13.2. The molecule has 1 aromatic carbocycles. The number of hydrogen-bond acceptors (Lipinski definition) is 2. The zero-order valence-electron chi connectivity index (χ0n) is 13.0. The number of amides is 1. The van der Waals surface area contributed by atoms with E-state index >= 15 is 0 Å². The fourth-order valence-electron chi connectivity index (χ4n) is 2.91. The van der Waals surface area contributed by atoms with Crippen molar-refractivity contribution in [3.8, 4) is 0 Å². The molecule has 1 aliphatic heterocycles. The normalized spacial score (nSPS) is 22.6. The van der Waals surface area contributed by atoms with Crippen molar-refractivity contribution in [2.24, 2.45) is 11.3 Å². The number of hydrogen-bond donors (Lipinski definition) is 1. The lowest BCUT2D eigenvalue weighted by atomic mass is 9.90. The smallest absolute Gasteiger partial charge is 0.311 e. The third kappa shape index (κ3) is 3.84. The third-order valence-electron chi connectivity index (χ3n) is 4.34. The van der Waals surface area contributed by atoms with E-state index in [1.165, 1.54) is 12.1 Å². The van der Waals surface area contributed by atoms with Crippen molar-refractivity contribution in [1.82, 2.24) is 4.90 Å². The van der Waals surface area contributed by atoms with Crippen LogP contribution in [-0.2, 0) is 16.0 Å². The number of rotatable bonds is 5. The average Bonchev–Trinajstić information content (AvgIpc) is 2.83. The Morgan fingerprint density at radius 3 is 2.77 bits per heavy atom. The lowest BCUT2D eigenvalue weighted by molar-refractivity contribution is -0.147. The van der Waals surface area contributed by atoms with Crippen LogP contribution in [0.3, 0.4) is 0 Å². The fourth-order valence-corrected chi connectivity index (χ4v) is 2.91. The van der Waals surface area contributed by atoms with Gasteiger partial charge >= 0.3 is 5.97 Å². The van der Waals surface area contributed by atoms with Crippen LogP contribution < -0.4 is 0 Å². The second kappa shape index (κ2) is 6.46. The molecule has 1 heterocycles. The van der Waals surface area contributed by atoms with Crippen molar-refractivity contribution < 1.29 is 19.1 Å². The molecule has 1 aromatic rings. The van der Waals surface area contributed by atoms with Crippen molar-refractivity contribution in [2.75, 3.05) is 13.1 Å². The van der Waals surface area contributed by atoms with Gasteiger partial charge in [0.1, 0.15) is 5.82 Å². The summed E-state index contributed by atoms with van der Waals surface area (Å²) in [7, 11) is 0. The van der Waals surface area contributed by atoms with Gasteiger partial charge in [-0.05, 0) is 43.4 Å². The van der Waals surface area contributed by atoms with Gasteiger partial charge < -0.3 is 10.0 Å². The molecule has 1 aliphatic rings. The summed E-state index contributed by atoms with van der Waals surface area (Å²) in [5.41, 5.74) is 0.0404. The van der Waals surface area contributed by atoms with Crippen LogP contribution >= 0.6 is 0 Å². The Kier molecular flexibility index (Phi) is 4.84. The van der Waals surface area contributed by atoms with E-state index in [1.54, 1.807) is 17.9 Å². The van der Waals surface area contributed by atoms with Gasteiger partial charge in [-0.2, -0.15) is 0 Å². The summed E-state index contributed by atoms with van der Waals surface area (Å²) < 4.78 is 13.2. The Morgan fingerprint density at radius 2 is 2.18 bits per heavy atom. The standard InChI is InChI=1S/C17H22FNO3/c1-12(8-13-4-3-5-14(18)10-13)9-15(20)19-7-6-17(2,11-19)16(21)22/h3-5,10,12H,6-9,11H2,1-2H3,(H,21,22). The number of nitrogens with zero attached hydrogens (tertiary/aromatic N) is 1. The second-order valence-electron chi connectivity index (χ2n) is 6.57. The minimum atomic E-state index is -0.851. The highest BCUT2D eigenvalue weighted by atomic mass is 19.1. The molecule has 120 valence electrons. The number of carbonyl (C=O) groups excluding carboxylic acids is 1. The molecule has 1 amide bonds. The highest BCUT2D eigenvalue weighted by Gasteiger charge is 2.42. The van der Waals surface area contributed by atoms with Crippen molar-refractivity contribution in [3.05, 3.63) is 35.6 Å². The van der Waals surface area contributed by atoms with Crippen molar-refractivity contribution >= 4 is 11.9 Å². The molecule has 0 aliphatic carbocycles. The number of carboxylic acid groups (broad SMARTS) is 1. The highest BCUT2D eigenvalue weighted by molar-refractivity contribution is 5.80. The predicted octanol–water partition coefficient (Wildman–Crippen LogP) is 2.72.